The van der Waals surface area contributed by atoms with Crippen LogP contribution in [0, 0.1) is 39.3 Å². The summed E-state index contributed by atoms with van der Waals surface area (Å²) in [4.78, 5) is 60.1. The number of aromatic nitrogens is 2. The number of H-pyrrole nitrogens is 1. The zero-order chi connectivity index (χ0) is 55.7. The molecule has 4 bridgehead atoms. The highest BCUT2D eigenvalue weighted by molar-refractivity contribution is 7.87. The average Bonchev–Trinajstić information content (AvgIpc) is 4.15. The molecule has 2 aliphatic heterocycles. The Hall–Kier alpha value is -4.04. The van der Waals surface area contributed by atoms with Crippen molar-refractivity contribution < 1.29 is 59.7 Å². The molecule has 4 heterocycles. The van der Waals surface area contributed by atoms with E-state index in [-0.39, 0.29) is 68.7 Å². The summed E-state index contributed by atoms with van der Waals surface area (Å²) in [5.74, 6) is -1.09. The summed E-state index contributed by atoms with van der Waals surface area (Å²) >= 11 is 2.48. The van der Waals surface area contributed by atoms with E-state index in [1.807, 2.05) is 64.0 Å². The number of thiazole rings is 2. The number of carbonyl (C=O) groups excluding carboxylic acids is 3. The monoisotopic (exact) mass is 1130 g/mol. The number of hydrogen-bond donors (Lipinski definition) is 6. The summed E-state index contributed by atoms with van der Waals surface area (Å²) in [7, 11) is -8.48. The standard InChI is InChI=1S/C33H40FN5O5S2.2C10H16O4S/c1-20(2)30-36-25(18-45-30)31(42)39-13-14-44-33(19-39)8-11-38(12-9-33)17-21-3-5-24(34)22(15-21)7-10-35-16-27(41)23-4-6-26(40)28-29(23)46-32(43)37-28;2*1-9(2)6-4-5-10(9,3)8(11)7(6)15(12,13)14/h3-6,15,18,20,27,35,40-41H,7-14,16-17,19H2,1-2H3,(H,37,43);2*6-7H,4-5H2,1-3H3,(H,12,13,14)/t27-;;/m0../s1. The molecule has 1 spiro atoms. The number of aromatic amines is 1. The molecule has 6 N–H and O–H groups in total. The molecule has 2 aromatic carbocycles. The summed E-state index contributed by atoms with van der Waals surface area (Å²) < 4.78 is 84.5. The fourth-order valence-corrected chi connectivity index (χ4v) is 17.6. The molecule has 0 radical (unpaired) electrons. The van der Waals surface area contributed by atoms with E-state index in [1.165, 1.54) is 23.5 Å². The topological polar surface area (TPSA) is 274 Å². The first-order valence-electron chi connectivity index (χ1n) is 26.0. The Morgan fingerprint density at radius 2 is 1.49 bits per heavy atom. The molecule has 4 aliphatic carbocycles. The van der Waals surface area contributed by atoms with Crippen LogP contribution in [0.25, 0.3) is 10.2 Å². The molecule has 2 saturated heterocycles. The molecule has 1 amide bonds. The lowest BCUT2D eigenvalue weighted by Gasteiger charge is -2.47. The van der Waals surface area contributed by atoms with Gasteiger partial charge in [0.2, 0.25) is 0 Å². The van der Waals surface area contributed by atoms with Crippen molar-refractivity contribution in [3.8, 4) is 5.75 Å². The van der Waals surface area contributed by atoms with E-state index in [1.54, 1.807) is 6.07 Å². The van der Waals surface area contributed by atoms with Gasteiger partial charge in [-0.3, -0.25) is 33.2 Å². The predicted molar refractivity (Wildman–Crippen MR) is 287 cm³/mol. The number of aliphatic hydroxyl groups excluding tert-OH is 1. The van der Waals surface area contributed by atoms with Crippen LogP contribution in [0.2, 0.25) is 0 Å². The van der Waals surface area contributed by atoms with Crippen molar-refractivity contribution in [1.29, 1.82) is 0 Å². The maximum Gasteiger partial charge on any atom is 0.305 e. The molecule has 76 heavy (non-hydrogen) atoms. The molecule has 18 nitrogen and oxygen atoms in total. The van der Waals surface area contributed by atoms with Crippen LogP contribution in [0.15, 0.2) is 40.5 Å². The number of piperidine rings is 1. The lowest BCUT2D eigenvalue weighted by atomic mass is 9.70. The third-order valence-corrected chi connectivity index (χ3v) is 22.9. The summed E-state index contributed by atoms with van der Waals surface area (Å²) in [6, 6.07) is 8.32. The van der Waals surface area contributed by atoms with Gasteiger partial charge in [0.25, 0.3) is 26.1 Å². The number of ketones is 2. The van der Waals surface area contributed by atoms with Gasteiger partial charge in [0.05, 0.1) is 34.6 Å². The maximum absolute atomic E-state index is 14.7. The Morgan fingerprint density at radius 3 is 2.00 bits per heavy atom. The summed E-state index contributed by atoms with van der Waals surface area (Å²) in [5.41, 5.74) is 0.865. The van der Waals surface area contributed by atoms with Crippen molar-refractivity contribution in [2.24, 2.45) is 33.5 Å². The molecule has 10 rings (SSSR count). The van der Waals surface area contributed by atoms with Crippen LogP contribution >= 0.6 is 22.7 Å². The number of nitrogens with zero attached hydrogens (tertiary/aromatic N) is 3. The second kappa shape index (κ2) is 21.2. The van der Waals surface area contributed by atoms with Crippen LogP contribution in [0.5, 0.6) is 5.75 Å². The van der Waals surface area contributed by atoms with Gasteiger partial charge >= 0.3 is 4.87 Å². The van der Waals surface area contributed by atoms with E-state index in [0.717, 1.165) is 60.7 Å². The van der Waals surface area contributed by atoms with Gasteiger partial charge in [-0.1, -0.05) is 84.9 Å². The fourth-order valence-electron chi connectivity index (χ4n) is 13.0. The Morgan fingerprint density at radius 1 is 0.895 bits per heavy atom. The van der Waals surface area contributed by atoms with E-state index in [9.17, 15) is 50.6 Å². The van der Waals surface area contributed by atoms with Crippen molar-refractivity contribution in [2.75, 3.05) is 45.9 Å². The number of phenolic OH excluding ortho intramolecular Hbond substituents is 1. The van der Waals surface area contributed by atoms with E-state index >= 15 is 0 Å². The van der Waals surface area contributed by atoms with Crippen molar-refractivity contribution in [2.45, 2.75) is 135 Å². The molecule has 4 aromatic rings. The molecule has 2 aromatic heterocycles. The second-order valence-electron chi connectivity index (χ2n) is 23.5. The van der Waals surface area contributed by atoms with Crippen molar-refractivity contribution in [3.05, 3.63) is 78.6 Å². The van der Waals surface area contributed by atoms with E-state index in [2.05, 4.69) is 34.0 Å². The number of carbonyl (C=O) groups is 3. The summed E-state index contributed by atoms with van der Waals surface area (Å²) in [6.45, 7) is 20.2. The number of benzene rings is 2. The van der Waals surface area contributed by atoms with Gasteiger partial charge < -0.3 is 30.2 Å². The van der Waals surface area contributed by atoms with Gasteiger partial charge in [-0.05, 0) is 97.4 Å². The van der Waals surface area contributed by atoms with Crippen LogP contribution in [0.4, 0.5) is 4.39 Å². The van der Waals surface area contributed by atoms with Crippen molar-refractivity contribution in [1.82, 2.24) is 25.1 Å². The molecule has 418 valence electrons. The highest BCUT2D eigenvalue weighted by Crippen LogP contribution is 2.66. The smallest absolute Gasteiger partial charge is 0.305 e. The first-order valence-corrected chi connectivity index (χ1v) is 30.7. The van der Waals surface area contributed by atoms with Gasteiger partial charge in [-0.2, -0.15) is 16.8 Å². The largest absolute Gasteiger partial charge is 0.506 e. The van der Waals surface area contributed by atoms with E-state index < -0.39 is 47.7 Å². The number of morpholine rings is 1. The number of aromatic hydroxyl groups is 1. The highest BCUT2D eigenvalue weighted by Gasteiger charge is 2.70. The van der Waals surface area contributed by atoms with E-state index in [4.69, 9.17) is 13.8 Å². The third-order valence-electron chi connectivity index (χ3n) is 18.5. The number of hydrogen-bond acceptors (Lipinski definition) is 16. The number of phenols is 1. The SMILES string of the molecule is CC(C)c1nc(C(=O)N2CCOC3(CCN(Cc4ccc(F)c(CCNC[C@H](O)c5ccc(O)c6[nH]c(=O)sc56)c4)CC3)C2)cs1.CC12CCC(C(S(=O)(=O)O)C1=O)C2(C)C.CC12CCC(C(S(=O)(=O)O)C1=O)C2(C)C. The van der Waals surface area contributed by atoms with Crippen LogP contribution < -0.4 is 10.2 Å². The lowest BCUT2D eigenvalue weighted by Crippen LogP contribution is -2.58. The fraction of sp³-hybridized carbons (Fsp3) is 0.642. The van der Waals surface area contributed by atoms with Crippen LogP contribution in [-0.2, 0) is 47.5 Å². The van der Waals surface area contributed by atoms with Gasteiger partial charge in [-0.15, -0.1) is 11.3 Å². The average molecular weight is 1130 g/mol. The molecule has 6 aliphatic rings. The quantitative estimate of drug-likeness (QED) is 0.0620. The van der Waals surface area contributed by atoms with Crippen LogP contribution in [-0.4, -0.2) is 135 Å². The summed E-state index contributed by atoms with van der Waals surface area (Å²) in [6.07, 6.45) is 4.07. The van der Waals surface area contributed by atoms with Crippen LogP contribution in [0.3, 0.4) is 0 Å². The molecule has 7 atom stereocenters. The lowest BCUT2D eigenvalue weighted by molar-refractivity contribution is -0.128. The number of aliphatic hydroxyl groups is 1. The molecular weight excluding hydrogens is 1060 g/mol. The molecular formula is C53H72FN5O13S4. The minimum absolute atomic E-state index is 0.0206. The molecule has 6 unspecified atom stereocenters. The zero-order valence-corrected chi connectivity index (χ0v) is 47.6. The van der Waals surface area contributed by atoms with E-state index in [0.29, 0.717) is 85.0 Å². The normalized spacial score (nSPS) is 27.9. The first-order chi connectivity index (χ1) is 35.3. The number of Topliss-reactive ketones (excluding diaryl/α,β-unsaturated/α-hetero) is 2. The highest BCUT2D eigenvalue weighted by atomic mass is 32.2. The van der Waals surface area contributed by atoms with Crippen LogP contribution in [0.1, 0.15) is 138 Å². The number of amides is 1. The van der Waals surface area contributed by atoms with Gasteiger partial charge in [0.1, 0.15) is 33.3 Å². The Bertz CT molecular complexity index is 3080. The zero-order valence-electron chi connectivity index (χ0n) is 44.4. The maximum atomic E-state index is 14.7. The van der Waals surface area contributed by atoms with Gasteiger partial charge in [0, 0.05) is 60.4 Å². The predicted octanol–water partition coefficient (Wildman–Crippen LogP) is 6.92. The number of halogens is 1. The number of fused-ring (bicyclic) bond motifs is 5. The Kier molecular flexibility index (Phi) is 16.2. The minimum atomic E-state index is -4.24. The molecule has 23 heteroatoms. The Labute approximate surface area is 451 Å². The second-order valence-corrected chi connectivity index (χ2v) is 28.5. The van der Waals surface area contributed by atoms with Gasteiger partial charge in [0.15, 0.2) is 11.6 Å². The summed E-state index contributed by atoms with van der Waals surface area (Å²) in [5, 5.41) is 24.4. The number of rotatable bonds is 12. The minimum Gasteiger partial charge on any atom is -0.506 e. The first kappa shape index (κ1) is 58.1. The Balaban J connectivity index is 0.000000205. The third kappa shape index (κ3) is 10.7. The number of likely N-dealkylation sites (tertiary alicyclic amines) is 1. The van der Waals surface area contributed by atoms with Gasteiger partial charge in [-0.25, -0.2) is 9.37 Å². The molecule has 4 saturated carbocycles. The number of ether oxygens (including phenoxy) is 1. The van der Waals surface area contributed by atoms with Crippen molar-refractivity contribution >= 4 is 70.6 Å². The van der Waals surface area contributed by atoms with Crippen molar-refractivity contribution in [3.63, 3.8) is 0 Å². The molecule has 6 fully saturated rings. The number of nitrogens with one attached hydrogen (secondary N) is 2.